The summed E-state index contributed by atoms with van der Waals surface area (Å²) in [5, 5.41) is 3.35. The topological polar surface area (TPSA) is 41.6 Å². The smallest absolute Gasteiger partial charge is 0.377 e. The maximum Gasteiger partial charge on any atom is 0.416 e. The summed E-state index contributed by atoms with van der Waals surface area (Å²) in [4.78, 5) is 15.8. The molecule has 0 bridgehead atoms. The second kappa shape index (κ2) is 9.84. The van der Waals surface area contributed by atoms with Gasteiger partial charge in [0.1, 0.15) is 0 Å². The van der Waals surface area contributed by atoms with Crippen LogP contribution in [0, 0.1) is 5.92 Å². The van der Waals surface area contributed by atoms with Crippen LogP contribution in [0.1, 0.15) is 28.7 Å². The van der Waals surface area contributed by atoms with E-state index in [1.807, 2.05) is 59.5 Å². The number of nitrogens with zero attached hydrogens (tertiary/aromatic N) is 1. The van der Waals surface area contributed by atoms with Crippen LogP contribution in [0.15, 0.2) is 78.9 Å². The van der Waals surface area contributed by atoms with Crippen LogP contribution in [0.3, 0.4) is 0 Å². The maximum absolute atomic E-state index is 13.9. The SMILES string of the molecule is O=C([C@@H]1CNCC1c1ccccc1-c1cccc(C(F)(F)F)c1)N1CCOC[C@@H]1c1ccccc1. The third-order valence-corrected chi connectivity index (χ3v) is 6.99. The monoisotopic (exact) mass is 480 g/mol. The van der Waals surface area contributed by atoms with Crippen LogP contribution in [-0.4, -0.2) is 43.7 Å². The molecule has 0 spiro atoms. The second-order valence-corrected chi connectivity index (χ2v) is 9.07. The van der Waals surface area contributed by atoms with Gasteiger partial charge in [0.05, 0.1) is 30.7 Å². The standard InChI is InChI=1S/C28H27F3N2O2/c29-28(30,31)21-10-6-9-20(15-21)22-11-4-5-12-23(22)24-16-32-17-25(24)27(34)33-13-14-35-18-26(33)19-7-2-1-3-8-19/h1-12,15,24-26,32H,13-14,16-18H2/t24?,25-,26-/m1/s1. The second-order valence-electron chi connectivity index (χ2n) is 9.07. The molecule has 2 saturated heterocycles. The van der Waals surface area contributed by atoms with E-state index in [4.69, 9.17) is 4.74 Å². The van der Waals surface area contributed by atoms with Gasteiger partial charge in [0.25, 0.3) is 0 Å². The Morgan fingerprint density at radius 1 is 0.943 bits per heavy atom. The van der Waals surface area contributed by atoms with Gasteiger partial charge >= 0.3 is 6.18 Å². The molecule has 2 fully saturated rings. The van der Waals surface area contributed by atoms with Crippen molar-refractivity contribution < 1.29 is 22.7 Å². The Balaban J connectivity index is 1.46. The quantitative estimate of drug-likeness (QED) is 0.553. The van der Waals surface area contributed by atoms with Gasteiger partial charge in [-0.05, 0) is 34.4 Å². The van der Waals surface area contributed by atoms with E-state index < -0.39 is 11.7 Å². The fraction of sp³-hybridized carbons (Fsp3) is 0.321. The molecule has 35 heavy (non-hydrogen) atoms. The predicted molar refractivity (Wildman–Crippen MR) is 128 cm³/mol. The molecule has 5 rings (SSSR count). The largest absolute Gasteiger partial charge is 0.416 e. The zero-order valence-corrected chi connectivity index (χ0v) is 19.2. The highest BCUT2D eigenvalue weighted by Crippen LogP contribution is 2.39. The molecule has 0 aliphatic carbocycles. The lowest BCUT2D eigenvalue weighted by atomic mass is 9.83. The van der Waals surface area contributed by atoms with E-state index in [0.29, 0.717) is 38.4 Å². The Hall–Kier alpha value is -3.16. The number of carbonyl (C=O) groups is 1. The first kappa shape index (κ1) is 23.6. The van der Waals surface area contributed by atoms with E-state index in [2.05, 4.69) is 5.32 Å². The van der Waals surface area contributed by atoms with Crippen molar-refractivity contribution in [2.24, 2.45) is 5.92 Å². The zero-order chi connectivity index (χ0) is 24.4. The number of alkyl halides is 3. The molecule has 182 valence electrons. The van der Waals surface area contributed by atoms with Crippen LogP contribution in [0.4, 0.5) is 13.2 Å². The number of morpholine rings is 1. The van der Waals surface area contributed by atoms with Crippen LogP contribution in [0.25, 0.3) is 11.1 Å². The van der Waals surface area contributed by atoms with Crippen LogP contribution in [0.2, 0.25) is 0 Å². The van der Waals surface area contributed by atoms with Gasteiger partial charge in [0.15, 0.2) is 0 Å². The van der Waals surface area contributed by atoms with Gasteiger partial charge in [0, 0.05) is 25.6 Å². The average Bonchev–Trinajstić information content (AvgIpc) is 3.38. The van der Waals surface area contributed by atoms with Crippen molar-refractivity contribution in [1.29, 1.82) is 0 Å². The van der Waals surface area contributed by atoms with Crippen molar-refractivity contribution in [3.05, 3.63) is 95.6 Å². The molecule has 3 atom stereocenters. The Kier molecular flexibility index (Phi) is 6.62. The van der Waals surface area contributed by atoms with Gasteiger partial charge in [-0.15, -0.1) is 0 Å². The number of benzene rings is 3. The molecule has 0 radical (unpaired) electrons. The van der Waals surface area contributed by atoms with Crippen molar-refractivity contribution >= 4 is 5.91 Å². The predicted octanol–water partition coefficient (Wildman–Crippen LogP) is 5.28. The fourth-order valence-corrected chi connectivity index (χ4v) is 5.24. The number of halogens is 3. The molecule has 7 heteroatoms. The molecular weight excluding hydrogens is 453 g/mol. The van der Waals surface area contributed by atoms with Crippen LogP contribution >= 0.6 is 0 Å². The number of ether oxygens (including phenoxy) is 1. The van der Waals surface area contributed by atoms with Gasteiger partial charge in [-0.25, -0.2) is 0 Å². The van der Waals surface area contributed by atoms with E-state index in [9.17, 15) is 18.0 Å². The van der Waals surface area contributed by atoms with Crippen LogP contribution < -0.4 is 5.32 Å². The first-order valence-electron chi connectivity index (χ1n) is 11.8. The number of hydrogen-bond donors (Lipinski definition) is 1. The normalized spacial score (nSPS) is 22.8. The Bertz CT molecular complexity index is 1180. The van der Waals surface area contributed by atoms with Gasteiger partial charge in [-0.1, -0.05) is 66.7 Å². The molecule has 4 nitrogen and oxygen atoms in total. The highest BCUT2D eigenvalue weighted by molar-refractivity contribution is 5.82. The molecule has 3 aromatic carbocycles. The van der Waals surface area contributed by atoms with Crippen molar-refractivity contribution in [1.82, 2.24) is 10.2 Å². The molecule has 2 heterocycles. The summed E-state index contributed by atoms with van der Waals surface area (Å²) in [5.74, 6) is -0.408. The number of rotatable bonds is 4. The third kappa shape index (κ3) is 4.83. The summed E-state index contributed by atoms with van der Waals surface area (Å²) in [6.07, 6.45) is -4.42. The Morgan fingerprint density at radius 3 is 2.51 bits per heavy atom. The molecule has 1 amide bonds. The van der Waals surface area contributed by atoms with Gasteiger partial charge in [0.2, 0.25) is 5.91 Å². The summed E-state index contributed by atoms with van der Waals surface area (Å²) in [6.45, 7) is 2.56. The van der Waals surface area contributed by atoms with E-state index in [1.165, 1.54) is 12.1 Å². The van der Waals surface area contributed by atoms with E-state index in [-0.39, 0.29) is 23.8 Å². The summed E-state index contributed by atoms with van der Waals surface area (Å²) in [7, 11) is 0. The van der Waals surface area contributed by atoms with Gasteiger partial charge < -0.3 is 15.0 Å². The Morgan fingerprint density at radius 2 is 1.71 bits per heavy atom. The third-order valence-electron chi connectivity index (χ3n) is 6.99. The number of nitrogens with one attached hydrogen (secondary N) is 1. The number of carbonyl (C=O) groups excluding carboxylic acids is 1. The van der Waals surface area contributed by atoms with E-state index in [1.54, 1.807) is 6.07 Å². The Labute approximate surface area is 202 Å². The summed E-state index contributed by atoms with van der Waals surface area (Å²) in [6, 6.07) is 22.6. The van der Waals surface area contributed by atoms with Gasteiger partial charge in [-0.2, -0.15) is 13.2 Å². The lowest BCUT2D eigenvalue weighted by Gasteiger charge is -2.38. The minimum atomic E-state index is -4.42. The fourth-order valence-electron chi connectivity index (χ4n) is 5.24. The highest BCUT2D eigenvalue weighted by atomic mass is 19.4. The average molecular weight is 481 g/mol. The van der Waals surface area contributed by atoms with Crippen molar-refractivity contribution in [3.63, 3.8) is 0 Å². The van der Waals surface area contributed by atoms with E-state index in [0.717, 1.165) is 22.8 Å². The molecule has 1 unspecified atom stereocenters. The molecule has 2 aliphatic rings. The van der Waals surface area contributed by atoms with Crippen LogP contribution in [0.5, 0.6) is 0 Å². The summed E-state index contributed by atoms with van der Waals surface area (Å²) >= 11 is 0. The summed E-state index contributed by atoms with van der Waals surface area (Å²) < 4.78 is 45.8. The molecule has 2 aliphatic heterocycles. The first-order valence-corrected chi connectivity index (χ1v) is 11.8. The molecule has 0 saturated carbocycles. The first-order chi connectivity index (χ1) is 16.9. The zero-order valence-electron chi connectivity index (χ0n) is 19.2. The minimum absolute atomic E-state index is 0.0519. The van der Waals surface area contributed by atoms with Crippen molar-refractivity contribution in [3.8, 4) is 11.1 Å². The van der Waals surface area contributed by atoms with Crippen molar-refractivity contribution in [2.45, 2.75) is 18.1 Å². The number of amides is 1. The van der Waals surface area contributed by atoms with Gasteiger partial charge in [-0.3, -0.25) is 4.79 Å². The van der Waals surface area contributed by atoms with Crippen LogP contribution in [-0.2, 0) is 15.7 Å². The minimum Gasteiger partial charge on any atom is -0.377 e. The highest BCUT2D eigenvalue weighted by Gasteiger charge is 2.40. The van der Waals surface area contributed by atoms with Crippen molar-refractivity contribution in [2.75, 3.05) is 32.8 Å². The summed E-state index contributed by atoms with van der Waals surface area (Å²) in [5.41, 5.74) is 2.47. The lowest BCUT2D eigenvalue weighted by molar-refractivity contribution is -0.144. The molecule has 3 aromatic rings. The molecular formula is C28H27F3N2O2. The molecule has 1 N–H and O–H groups in total. The lowest BCUT2D eigenvalue weighted by Crippen LogP contribution is -2.47. The van der Waals surface area contributed by atoms with E-state index >= 15 is 0 Å². The molecule has 0 aromatic heterocycles. The number of hydrogen-bond acceptors (Lipinski definition) is 3. The maximum atomic E-state index is 13.9.